The molecule has 0 aliphatic carbocycles. The molecule has 6 heteroatoms. The summed E-state index contributed by atoms with van der Waals surface area (Å²) in [5, 5.41) is 0. The van der Waals surface area contributed by atoms with Gasteiger partial charge < -0.3 is 5.73 Å². The van der Waals surface area contributed by atoms with Gasteiger partial charge in [0.2, 0.25) is 0 Å². The van der Waals surface area contributed by atoms with Crippen LogP contribution in [0.25, 0.3) is 6.08 Å². The number of ketones is 1. The van der Waals surface area contributed by atoms with Gasteiger partial charge in [0.15, 0.2) is 5.78 Å². The lowest BCUT2D eigenvalue weighted by Crippen LogP contribution is -2.25. The maximum atomic E-state index is 11.2. The van der Waals surface area contributed by atoms with Crippen molar-refractivity contribution in [3.63, 3.8) is 0 Å². The molecule has 1 rings (SSSR count). The first-order valence-electron chi connectivity index (χ1n) is 3.81. The fraction of sp³-hybridized carbons (Fsp3) is 0.125. The van der Waals surface area contributed by atoms with Crippen molar-refractivity contribution in [3.8, 4) is 0 Å². The van der Waals surface area contributed by atoms with E-state index >= 15 is 0 Å². The number of anilines is 1. The molecule has 0 aliphatic heterocycles. The first kappa shape index (κ1) is 9.97. The normalized spacial score (nSPS) is 10.6. The van der Waals surface area contributed by atoms with E-state index in [1.54, 1.807) is 0 Å². The van der Waals surface area contributed by atoms with Gasteiger partial charge in [0.05, 0.1) is 5.56 Å². The van der Waals surface area contributed by atoms with Crippen molar-refractivity contribution >= 4 is 17.7 Å². The van der Waals surface area contributed by atoms with E-state index in [1.807, 2.05) is 4.98 Å². The minimum atomic E-state index is -0.674. The second kappa shape index (κ2) is 3.73. The predicted molar refractivity (Wildman–Crippen MR) is 51.8 cm³/mol. The minimum Gasteiger partial charge on any atom is -0.384 e. The molecule has 0 aliphatic rings. The third kappa shape index (κ3) is 2.19. The maximum Gasteiger partial charge on any atom is 0.327 e. The number of hydrogen-bond acceptors (Lipinski definition) is 4. The third-order valence-electron chi connectivity index (χ3n) is 1.49. The monoisotopic (exact) mass is 195 g/mol. The highest BCUT2D eigenvalue weighted by atomic mass is 16.2. The van der Waals surface area contributed by atoms with E-state index in [4.69, 9.17) is 5.73 Å². The van der Waals surface area contributed by atoms with E-state index in [1.165, 1.54) is 19.1 Å². The summed E-state index contributed by atoms with van der Waals surface area (Å²) in [6.07, 6.45) is 2.45. The Morgan fingerprint density at radius 3 is 2.50 bits per heavy atom. The van der Waals surface area contributed by atoms with Crippen molar-refractivity contribution in [2.45, 2.75) is 6.92 Å². The first-order chi connectivity index (χ1) is 6.50. The topological polar surface area (TPSA) is 109 Å². The van der Waals surface area contributed by atoms with Gasteiger partial charge in [-0.1, -0.05) is 0 Å². The Kier molecular flexibility index (Phi) is 2.66. The molecule has 14 heavy (non-hydrogen) atoms. The minimum absolute atomic E-state index is 0.0590. The molecule has 1 heterocycles. The molecular weight excluding hydrogens is 186 g/mol. The number of H-pyrrole nitrogens is 2. The molecule has 0 spiro atoms. The standard InChI is InChI=1S/C8H9N3O3/c1-4(12)2-3-5-6(9)10-8(14)11-7(5)13/h2-3H,1H3,(H4,9,10,11,13,14)/b3-2+. The second-order valence-electron chi connectivity index (χ2n) is 2.68. The molecule has 4 N–H and O–H groups in total. The van der Waals surface area contributed by atoms with Crippen LogP contribution in [0.15, 0.2) is 15.7 Å². The fourth-order valence-corrected chi connectivity index (χ4v) is 0.880. The molecule has 0 radical (unpaired) electrons. The molecule has 0 saturated carbocycles. The van der Waals surface area contributed by atoms with E-state index in [0.717, 1.165) is 0 Å². The molecule has 6 nitrogen and oxygen atoms in total. The molecule has 1 aromatic rings. The van der Waals surface area contributed by atoms with Gasteiger partial charge in [-0.05, 0) is 19.1 Å². The number of nitrogens with one attached hydrogen (secondary N) is 2. The number of nitrogens with two attached hydrogens (primary N) is 1. The van der Waals surface area contributed by atoms with Crippen LogP contribution < -0.4 is 17.0 Å². The number of allylic oxidation sites excluding steroid dienone is 1. The van der Waals surface area contributed by atoms with Crippen LogP contribution in [0.3, 0.4) is 0 Å². The number of nitrogen functional groups attached to an aromatic ring is 1. The summed E-state index contributed by atoms with van der Waals surface area (Å²) in [5.74, 6) is -0.272. The van der Waals surface area contributed by atoms with Crippen LogP contribution in [0.2, 0.25) is 0 Å². The molecule has 0 atom stereocenters. The largest absolute Gasteiger partial charge is 0.384 e. The molecule has 0 saturated heterocycles. The summed E-state index contributed by atoms with van der Waals surface area (Å²) in [6, 6.07) is 0. The lowest BCUT2D eigenvalue weighted by atomic mass is 10.2. The number of rotatable bonds is 2. The highest BCUT2D eigenvalue weighted by molar-refractivity contribution is 5.92. The summed E-state index contributed by atoms with van der Waals surface area (Å²) in [4.78, 5) is 36.7. The summed E-state index contributed by atoms with van der Waals surface area (Å²) in [6.45, 7) is 1.34. The van der Waals surface area contributed by atoms with Gasteiger partial charge in [-0.25, -0.2) is 4.79 Å². The van der Waals surface area contributed by atoms with Crippen LogP contribution in [-0.4, -0.2) is 15.8 Å². The quantitative estimate of drug-likeness (QED) is 0.539. The van der Waals surface area contributed by atoms with Crippen LogP contribution in [-0.2, 0) is 4.79 Å². The smallest absolute Gasteiger partial charge is 0.327 e. The number of carbonyl (C=O) groups is 1. The van der Waals surface area contributed by atoms with Gasteiger partial charge in [-0.2, -0.15) is 0 Å². The Morgan fingerprint density at radius 2 is 2.00 bits per heavy atom. The fourth-order valence-electron chi connectivity index (χ4n) is 0.880. The number of hydrogen-bond donors (Lipinski definition) is 3. The van der Waals surface area contributed by atoms with Crippen molar-refractivity contribution in [1.29, 1.82) is 0 Å². The summed E-state index contributed by atoms with van der Waals surface area (Å²) < 4.78 is 0. The van der Waals surface area contributed by atoms with Crippen LogP contribution in [0.4, 0.5) is 5.82 Å². The average molecular weight is 195 g/mol. The highest BCUT2D eigenvalue weighted by Gasteiger charge is 2.02. The summed E-state index contributed by atoms with van der Waals surface area (Å²) >= 11 is 0. The van der Waals surface area contributed by atoms with E-state index in [0.29, 0.717) is 0 Å². The van der Waals surface area contributed by atoms with Crippen LogP contribution >= 0.6 is 0 Å². The zero-order chi connectivity index (χ0) is 10.7. The zero-order valence-electron chi connectivity index (χ0n) is 7.46. The molecule has 0 amide bonds. The Labute approximate surface area is 78.5 Å². The van der Waals surface area contributed by atoms with Crippen molar-refractivity contribution in [3.05, 3.63) is 32.5 Å². The maximum absolute atomic E-state index is 11.2. The lowest BCUT2D eigenvalue weighted by molar-refractivity contribution is -0.112. The summed E-state index contributed by atoms with van der Waals surface area (Å²) in [7, 11) is 0. The number of aromatic amines is 2. The van der Waals surface area contributed by atoms with E-state index < -0.39 is 11.2 Å². The van der Waals surface area contributed by atoms with E-state index in [9.17, 15) is 14.4 Å². The Morgan fingerprint density at radius 1 is 1.36 bits per heavy atom. The lowest BCUT2D eigenvalue weighted by Gasteiger charge is -1.96. The van der Waals surface area contributed by atoms with Crippen LogP contribution in [0, 0.1) is 0 Å². The Hall–Kier alpha value is -2.11. The van der Waals surface area contributed by atoms with Crippen LogP contribution in [0.5, 0.6) is 0 Å². The van der Waals surface area contributed by atoms with Crippen molar-refractivity contribution in [1.82, 2.24) is 9.97 Å². The molecule has 1 aromatic heterocycles. The van der Waals surface area contributed by atoms with Crippen molar-refractivity contribution in [2.24, 2.45) is 0 Å². The number of carbonyl (C=O) groups excluding carboxylic acids is 1. The number of aromatic nitrogens is 2. The van der Waals surface area contributed by atoms with Gasteiger partial charge in [-0.15, -0.1) is 0 Å². The van der Waals surface area contributed by atoms with Gasteiger partial charge in [0, 0.05) is 0 Å². The van der Waals surface area contributed by atoms with Crippen molar-refractivity contribution in [2.75, 3.05) is 5.73 Å². The highest BCUT2D eigenvalue weighted by Crippen LogP contribution is 2.00. The second-order valence-corrected chi connectivity index (χ2v) is 2.68. The first-order valence-corrected chi connectivity index (χ1v) is 3.81. The molecule has 0 bridgehead atoms. The van der Waals surface area contributed by atoms with E-state index in [-0.39, 0.29) is 17.2 Å². The molecule has 0 fully saturated rings. The van der Waals surface area contributed by atoms with Gasteiger partial charge in [0.1, 0.15) is 5.82 Å². The average Bonchev–Trinajstić information content (AvgIpc) is 2.01. The Bertz CT molecular complexity index is 495. The molecule has 0 aromatic carbocycles. The molecule has 0 unspecified atom stereocenters. The van der Waals surface area contributed by atoms with Gasteiger partial charge in [0.25, 0.3) is 5.56 Å². The zero-order valence-corrected chi connectivity index (χ0v) is 7.46. The molecule has 74 valence electrons. The third-order valence-corrected chi connectivity index (χ3v) is 1.49. The SMILES string of the molecule is CC(=O)/C=C/c1c(N)[nH]c(=O)[nH]c1=O. The van der Waals surface area contributed by atoms with E-state index in [2.05, 4.69) is 4.98 Å². The van der Waals surface area contributed by atoms with Crippen molar-refractivity contribution < 1.29 is 4.79 Å². The van der Waals surface area contributed by atoms with Gasteiger partial charge in [-0.3, -0.25) is 19.6 Å². The predicted octanol–water partition coefficient (Wildman–Crippen LogP) is -0.752. The summed E-state index contributed by atoms with van der Waals surface area (Å²) in [5.41, 5.74) is 4.14. The molecular formula is C8H9N3O3. The van der Waals surface area contributed by atoms with Gasteiger partial charge >= 0.3 is 5.69 Å². The van der Waals surface area contributed by atoms with Crippen LogP contribution in [0.1, 0.15) is 12.5 Å². The Balaban J connectivity index is 3.29.